The molecule has 1 aromatic heterocycles. The van der Waals surface area contributed by atoms with Crippen molar-refractivity contribution in [3.8, 4) is 17.2 Å². The Bertz CT molecular complexity index is 1090. The Labute approximate surface area is 167 Å². The van der Waals surface area contributed by atoms with Crippen molar-refractivity contribution in [1.29, 1.82) is 0 Å². The van der Waals surface area contributed by atoms with E-state index in [9.17, 15) is 19.8 Å². The van der Waals surface area contributed by atoms with Gasteiger partial charge in [0.15, 0.2) is 0 Å². The largest absolute Gasteiger partial charge is 0.507 e. The van der Waals surface area contributed by atoms with Gasteiger partial charge in [0.1, 0.15) is 28.9 Å². The number of aryl methyl sites for hydroxylation is 1. The summed E-state index contributed by atoms with van der Waals surface area (Å²) in [5, 5.41) is 22.8. The highest BCUT2D eigenvalue weighted by atomic mass is 16.5. The first-order chi connectivity index (χ1) is 13.8. The molecule has 3 aromatic rings. The lowest BCUT2D eigenvalue weighted by atomic mass is 10.0. The zero-order chi connectivity index (χ0) is 21.1. The number of carbonyl (C=O) groups is 1. The lowest BCUT2D eigenvalue weighted by molar-refractivity contribution is -0.140. The van der Waals surface area contributed by atoms with E-state index in [-0.39, 0.29) is 46.1 Å². The number of fused-ring (bicyclic) bond motifs is 1. The molecule has 3 rings (SSSR count). The van der Waals surface area contributed by atoms with Gasteiger partial charge >= 0.3 is 5.97 Å². The number of carboxylic acids is 1. The second-order valence-corrected chi connectivity index (χ2v) is 7.11. The van der Waals surface area contributed by atoms with Gasteiger partial charge in [0, 0.05) is 6.54 Å². The number of aromatic hydroxyl groups is 1. The zero-order valence-electron chi connectivity index (χ0n) is 16.4. The van der Waals surface area contributed by atoms with Crippen LogP contribution in [0.4, 0.5) is 0 Å². The third-order valence-electron chi connectivity index (χ3n) is 4.66. The Morgan fingerprint density at radius 1 is 1.17 bits per heavy atom. The lowest BCUT2D eigenvalue weighted by Crippen LogP contribution is -2.40. The molecule has 7 nitrogen and oxygen atoms in total. The van der Waals surface area contributed by atoms with Gasteiger partial charge in [-0.3, -0.25) is 14.9 Å². The molecule has 0 saturated carbocycles. The Morgan fingerprint density at radius 3 is 2.48 bits per heavy atom. The number of rotatable bonds is 7. The van der Waals surface area contributed by atoms with Crippen LogP contribution in [0.25, 0.3) is 11.0 Å². The van der Waals surface area contributed by atoms with Crippen LogP contribution >= 0.6 is 0 Å². The summed E-state index contributed by atoms with van der Waals surface area (Å²) in [5.41, 5.74) is 0.154. The number of phenolic OH excluding ortho intramolecular Hbond substituents is 1. The van der Waals surface area contributed by atoms with Crippen LogP contribution in [0.5, 0.6) is 17.2 Å². The molecular formula is C22H23NO6. The standard InChI is InChI=1S/C22H23NO6/c1-12(2)18(22(26)27)23-11-16-17(24)10-9-15-19(25)20(13(3)28-21(15)16)29-14-7-5-4-6-8-14/h4-10,12,18,23-24H,11H2,1-3H3,(H,26,27). The van der Waals surface area contributed by atoms with E-state index in [1.807, 2.05) is 6.07 Å². The highest BCUT2D eigenvalue weighted by Gasteiger charge is 2.23. The maximum Gasteiger partial charge on any atom is 0.320 e. The first-order valence-corrected chi connectivity index (χ1v) is 9.27. The van der Waals surface area contributed by atoms with Gasteiger partial charge in [0.25, 0.3) is 0 Å². The van der Waals surface area contributed by atoms with Gasteiger partial charge in [0.2, 0.25) is 11.2 Å². The molecule has 1 unspecified atom stereocenters. The summed E-state index contributed by atoms with van der Waals surface area (Å²) in [6.45, 7) is 5.20. The van der Waals surface area contributed by atoms with Crippen LogP contribution in [0, 0.1) is 12.8 Å². The van der Waals surface area contributed by atoms with E-state index < -0.39 is 12.0 Å². The van der Waals surface area contributed by atoms with Gasteiger partial charge < -0.3 is 19.4 Å². The molecule has 0 radical (unpaired) electrons. The molecule has 0 aliphatic rings. The minimum atomic E-state index is -0.990. The molecule has 0 spiro atoms. The maximum absolute atomic E-state index is 13.0. The smallest absolute Gasteiger partial charge is 0.320 e. The third-order valence-corrected chi connectivity index (χ3v) is 4.66. The van der Waals surface area contributed by atoms with E-state index in [4.69, 9.17) is 9.15 Å². The van der Waals surface area contributed by atoms with Crippen molar-refractivity contribution >= 4 is 16.9 Å². The van der Waals surface area contributed by atoms with Crippen molar-refractivity contribution in [2.24, 2.45) is 5.92 Å². The molecule has 7 heteroatoms. The Kier molecular flexibility index (Phi) is 5.89. The van der Waals surface area contributed by atoms with Gasteiger partial charge in [0.05, 0.1) is 10.9 Å². The van der Waals surface area contributed by atoms with E-state index in [1.165, 1.54) is 12.1 Å². The molecule has 0 aliphatic heterocycles. The van der Waals surface area contributed by atoms with Crippen molar-refractivity contribution in [3.05, 3.63) is 64.0 Å². The molecular weight excluding hydrogens is 374 g/mol. The molecule has 0 aliphatic carbocycles. The highest BCUT2D eigenvalue weighted by Crippen LogP contribution is 2.31. The number of benzene rings is 2. The zero-order valence-corrected chi connectivity index (χ0v) is 16.4. The average Bonchev–Trinajstić information content (AvgIpc) is 2.67. The molecule has 3 N–H and O–H groups in total. The second-order valence-electron chi connectivity index (χ2n) is 7.11. The number of nitrogens with one attached hydrogen (secondary N) is 1. The lowest BCUT2D eigenvalue weighted by Gasteiger charge is -2.19. The number of para-hydroxylation sites is 1. The minimum absolute atomic E-state index is 0.0274. The van der Waals surface area contributed by atoms with Crippen molar-refractivity contribution < 1.29 is 24.2 Å². The van der Waals surface area contributed by atoms with Gasteiger partial charge in [-0.25, -0.2) is 0 Å². The Hall–Kier alpha value is -3.32. The topological polar surface area (TPSA) is 109 Å². The summed E-state index contributed by atoms with van der Waals surface area (Å²) >= 11 is 0. The van der Waals surface area contributed by atoms with Crippen molar-refractivity contribution in [2.75, 3.05) is 0 Å². The molecule has 0 bridgehead atoms. The predicted octanol–water partition coefficient (Wildman–Crippen LogP) is 3.80. The average molecular weight is 397 g/mol. The van der Waals surface area contributed by atoms with Gasteiger partial charge in [-0.05, 0) is 37.1 Å². The van der Waals surface area contributed by atoms with Crippen LogP contribution in [0.2, 0.25) is 0 Å². The molecule has 2 aromatic carbocycles. The summed E-state index contributed by atoms with van der Waals surface area (Å²) in [6, 6.07) is 10.9. The van der Waals surface area contributed by atoms with Crippen molar-refractivity contribution in [3.63, 3.8) is 0 Å². The number of phenols is 1. The first-order valence-electron chi connectivity index (χ1n) is 9.27. The summed E-state index contributed by atoms with van der Waals surface area (Å²) < 4.78 is 11.6. The SMILES string of the molecule is Cc1oc2c(CNC(C(=O)O)C(C)C)c(O)ccc2c(=O)c1Oc1ccccc1. The molecule has 0 saturated heterocycles. The molecule has 0 fully saturated rings. The minimum Gasteiger partial charge on any atom is -0.507 e. The van der Waals surface area contributed by atoms with Crippen molar-refractivity contribution in [1.82, 2.24) is 5.32 Å². The molecule has 29 heavy (non-hydrogen) atoms. The van der Waals surface area contributed by atoms with Crippen LogP contribution in [0.3, 0.4) is 0 Å². The van der Waals surface area contributed by atoms with Crippen LogP contribution in [-0.4, -0.2) is 22.2 Å². The van der Waals surface area contributed by atoms with Gasteiger partial charge in [-0.15, -0.1) is 0 Å². The maximum atomic E-state index is 13.0. The quantitative estimate of drug-likeness (QED) is 0.556. The predicted molar refractivity (Wildman–Crippen MR) is 109 cm³/mol. The van der Waals surface area contributed by atoms with Crippen LogP contribution in [-0.2, 0) is 11.3 Å². The fraction of sp³-hybridized carbons (Fsp3) is 0.273. The van der Waals surface area contributed by atoms with Gasteiger partial charge in [-0.1, -0.05) is 32.0 Å². The van der Waals surface area contributed by atoms with Gasteiger partial charge in [-0.2, -0.15) is 0 Å². The Balaban J connectivity index is 2.03. The van der Waals surface area contributed by atoms with E-state index >= 15 is 0 Å². The highest BCUT2D eigenvalue weighted by molar-refractivity contribution is 5.83. The first kappa shape index (κ1) is 20.4. The number of hydrogen-bond acceptors (Lipinski definition) is 6. The number of carboxylic acid groups (broad SMARTS) is 1. The monoisotopic (exact) mass is 397 g/mol. The van der Waals surface area contributed by atoms with Crippen molar-refractivity contribution in [2.45, 2.75) is 33.4 Å². The molecule has 1 atom stereocenters. The summed E-state index contributed by atoms with van der Waals surface area (Å²) in [4.78, 5) is 24.4. The summed E-state index contributed by atoms with van der Waals surface area (Å²) in [7, 11) is 0. The van der Waals surface area contributed by atoms with Crippen LogP contribution < -0.4 is 15.5 Å². The Morgan fingerprint density at radius 2 is 1.86 bits per heavy atom. The second kappa shape index (κ2) is 8.36. The summed E-state index contributed by atoms with van der Waals surface area (Å²) in [6.07, 6.45) is 0. The fourth-order valence-electron chi connectivity index (χ4n) is 3.11. The summed E-state index contributed by atoms with van der Waals surface area (Å²) in [5.74, 6) is -0.405. The van der Waals surface area contributed by atoms with E-state index in [0.717, 1.165) is 0 Å². The third kappa shape index (κ3) is 4.25. The molecule has 0 amide bonds. The van der Waals surface area contributed by atoms with E-state index in [2.05, 4.69) is 5.32 Å². The number of aliphatic carboxylic acids is 1. The number of hydrogen-bond donors (Lipinski definition) is 3. The van der Waals surface area contributed by atoms with Crippen LogP contribution in [0.1, 0.15) is 25.2 Å². The van der Waals surface area contributed by atoms with Crippen LogP contribution in [0.15, 0.2) is 51.7 Å². The fourth-order valence-corrected chi connectivity index (χ4v) is 3.11. The number of ether oxygens (including phenoxy) is 1. The molecule has 1 heterocycles. The van der Waals surface area contributed by atoms with E-state index in [0.29, 0.717) is 11.3 Å². The normalized spacial score (nSPS) is 12.3. The van der Waals surface area contributed by atoms with E-state index in [1.54, 1.807) is 45.0 Å². The molecule has 152 valence electrons.